The van der Waals surface area contributed by atoms with Crippen LogP contribution in [0.1, 0.15) is 54.9 Å². The van der Waals surface area contributed by atoms with Crippen LogP contribution in [0.15, 0.2) is 146 Å². The summed E-state index contributed by atoms with van der Waals surface area (Å²) in [6.07, 6.45) is 16.2. The molecule has 0 spiro atoms. The number of anilines is 9. The van der Waals surface area contributed by atoms with Gasteiger partial charge in [0, 0.05) is 120 Å². The summed E-state index contributed by atoms with van der Waals surface area (Å²) in [6, 6.07) is 34.8. The second-order valence-electron chi connectivity index (χ2n) is 21.2. The Morgan fingerprint density at radius 3 is 1.70 bits per heavy atom. The molecule has 0 saturated carbocycles. The van der Waals surface area contributed by atoms with Gasteiger partial charge in [0.1, 0.15) is 29.8 Å². The summed E-state index contributed by atoms with van der Waals surface area (Å²) in [4.78, 5) is 62.7. The van der Waals surface area contributed by atoms with Crippen molar-refractivity contribution in [2.24, 2.45) is 4.99 Å². The monoisotopic (exact) mass is 1090 g/mol. The molecule has 81 heavy (non-hydrogen) atoms. The number of aromatic nitrogens is 10. The maximum Gasteiger partial charge on any atom is 0.239 e. The van der Waals surface area contributed by atoms with Crippen LogP contribution in [-0.4, -0.2) is 146 Å². The first-order valence-electron chi connectivity index (χ1n) is 28.0. The quantitative estimate of drug-likeness (QED) is 0.0716. The number of piperazine rings is 2. The van der Waals surface area contributed by atoms with Gasteiger partial charge in [0.2, 0.25) is 41.4 Å². The van der Waals surface area contributed by atoms with E-state index in [1.807, 2.05) is 67.3 Å². The van der Waals surface area contributed by atoms with Gasteiger partial charge in [-0.15, -0.1) is 0 Å². The van der Waals surface area contributed by atoms with Crippen molar-refractivity contribution in [2.45, 2.75) is 56.8 Å². The first-order valence-corrected chi connectivity index (χ1v) is 28.0. The van der Waals surface area contributed by atoms with Gasteiger partial charge in [-0.3, -0.25) is 9.89 Å². The van der Waals surface area contributed by atoms with Crippen molar-refractivity contribution in [3.8, 4) is 11.5 Å². The molecule has 2 atom stereocenters. The fourth-order valence-corrected chi connectivity index (χ4v) is 10.8. The molecule has 8 heterocycles. The molecule has 8 aromatic rings. The maximum absolute atomic E-state index is 6.58. The van der Waals surface area contributed by atoms with Crippen molar-refractivity contribution in [1.29, 1.82) is 0 Å². The van der Waals surface area contributed by atoms with Crippen LogP contribution in [0.4, 0.5) is 52.8 Å². The van der Waals surface area contributed by atoms with Gasteiger partial charge in [-0.05, 0) is 129 Å². The number of ether oxygens (including phenoxy) is 2. The average molecular weight is 1090 g/mol. The van der Waals surface area contributed by atoms with Crippen LogP contribution >= 0.6 is 0 Å². The van der Waals surface area contributed by atoms with Crippen molar-refractivity contribution in [3.05, 3.63) is 163 Å². The zero-order valence-electron chi connectivity index (χ0n) is 45.7. The standard InChI is InChI=1S/C60H67N19O2/c1-59(21-7-23-62-40-59)80-51-19-15-49(16-20-51)79(58-71-43-70-57(74-58)78-31-27-76(28-32-78)54-64-36-46(37-65-54)33-44-9-4-3-5-10-44)50-12-6-11-45(35-50)34-47-38-66-55(67-39-47)75-25-29-77(30-26-75)56-69-42-68-53(73-56)72-48-13-17-52(18-14-48)81-60(61-2)22-8-24-63-41-60/h3-6,9-20,35-39,42-43,62-63H,2,7-8,21-34,40-41H2,1H3,(H,68,69,72,73)/t59-,60+/m0/s1. The van der Waals surface area contributed by atoms with Crippen LogP contribution in [0, 0.1) is 0 Å². The Labute approximate surface area is 472 Å². The number of hydrogen-bond donors (Lipinski definition) is 3. The van der Waals surface area contributed by atoms with Gasteiger partial charge in [0.05, 0.1) is 6.54 Å². The van der Waals surface area contributed by atoms with Gasteiger partial charge in [-0.2, -0.15) is 9.97 Å². The minimum Gasteiger partial charge on any atom is -0.486 e. The Kier molecular flexibility index (Phi) is 15.7. The minimum absolute atomic E-state index is 0.275. The number of rotatable bonds is 18. The molecule has 21 nitrogen and oxygen atoms in total. The van der Waals surface area contributed by atoms with Gasteiger partial charge < -0.3 is 45.0 Å². The average Bonchev–Trinajstić information content (AvgIpc) is 3.57. The van der Waals surface area contributed by atoms with Crippen LogP contribution in [0.3, 0.4) is 0 Å². The number of benzene rings is 4. The summed E-state index contributed by atoms with van der Waals surface area (Å²) in [7, 11) is 0. The van der Waals surface area contributed by atoms with E-state index in [-0.39, 0.29) is 5.60 Å². The molecule has 0 amide bonds. The summed E-state index contributed by atoms with van der Waals surface area (Å²) in [6.45, 7) is 15.1. The summed E-state index contributed by atoms with van der Waals surface area (Å²) in [5.74, 6) is 5.15. The zero-order valence-corrected chi connectivity index (χ0v) is 45.7. The predicted molar refractivity (Wildman–Crippen MR) is 315 cm³/mol. The van der Waals surface area contributed by atoms with Crippen molar-refractivity contribution in [3.63, 3.8) is 0 Å². The molecular weight excluding hydrogens is 1020 g/mol. The summed E-state index contributed by atoms with van der Waals surface area (Å²) in [5, 5.41) is 10.2. The normalized spacial score (nSPS) is 19.4. The van der Waals surface area contributed by atoms with Crippen LogP contribution in [-0.2, 0) is 12.8 Å². The van der Waals surface area contributed by atoms with Crippen molar-refractivity contribution >= 4 is 59.5 Å². The molecular formula is C60H67N19O2. The largest absolute Gasteiger partial charge is 0.486 e. The highest BCUT2D eigenvalue weighted by molar-refractivity contribution is 5.74. The second-order valence-corrected chi connectivity index (χ2v) is 21.2. The molecule has 4 saturated heterocycles. The number of nitrogens with zero attached hydrogens (tertiary/aromatic N) is 16. The fourth-order valence-electron chi connectivity index (χ4n) is 10.8. The van der Waals surface area contributed by atoms with Gasteiger partial charge >= 0.3 is 0 Å². The second kappa shape index (κ2) is 24.2. The first kappa shape index (κ1) is 52.7. The third-order valence-electron chi connectivity index (χ3n) is 15.3. The molecule has 4 aromatic heterocycles. The molecule has 0 radical (unpaired) electrons. The minimum atomic E-state index is -0.648. The zero-order chi connectivity index (χ0) is 54.9. The highest BCUT2D eigenvalue weighted by Crippen LogP contribution is 2.36. The third kappa shape index (κ3) is 12.9. The lowest BCUT2D eigenvalue weighted by Crippen LogP contribution is -2.48. The van der Waals surface area contributed by atoms with E-state index in [1.165, 1.54) is 5.56 Å². The number of aliphatic imine (C=N–C) groups is 1. The molecule has 21 heteroatoms. The SMILES string of the molecule is C=N[C@@]1(Oc2ccc(Nc3ncnc(N4CCN(c5ncc(Cc6cccc(N(c7ccc(O[C@@]8(C)CCCNC8)cc7)c7ncnc(N8CCN(c9ncc(Cc%10ccccc%10)cn9)CC8)n7)c6)cn5)CC4)n3)cc2)CCCNC1. The van der Waals surface area contributed by atoms with E-state index in [9.17, 15) is 0 Å². The smallest absolute Gasteiger partial charge is 0.239 e. The Hall–Kier alpha value is -8.95. The van der Waals surface area contributed by atoms with Gasteiger partial charge in [-0.1, -0.05) is 42.5 Å². The summed E-state index contributed by atoms with van der Waals surface area (Å²) >= 11 is 0. The first-order chi connectivity index (χ1) is 39.8. The Bertz CT molecular complexity index is 3330. The fraction of sp³-hybridized carbons (Fsp3) is 0.350. The maximum atomic E-state index is 6.58. The molecule has 4 aromatic carbocycles. The van der Waals surface area contributed by atoms with Crippen LogP contribution in [0.5, 0.6) is 11.5 Å². The number of piperidine rings is 2. The van der Waals surface area contributed by atoms with Crippen LogP contribution in [0.2, 0.25) is 0 Å². The lowest BCUT2D eigenvalue weighted by atomic mass is 9.96. The van der Waals surface area contributed by atoms with Crippen LogP contribution < -0.4 is 49.9 Å². The van der Waals surface area contributed by atoms with E-state index in [2.05, 4.69) is 130 Å². The molecule has 4 fully saturated rings. The van der Waals surface area contributed by atoms with E-state index in [1.54, 1.807) is 12.7 Å². The van der Waals surface area contributed by atoms with Crippen LogP contribution in [0.25, 0.3) is 0 Å². The van der Waals surface area contributed by atoms with Gasteiger partial charge in [0.25, 0.3) is 0 Å². The Balaban J connectivity index is 0.693. The lowest BCUT2D eigenvalue weighted by Gasteiger charge is -2.35. The topological polar surface area (TPSA) is 212 Å². The Morgan fingerprint density at radius 1 is 0.543 bits per heavy atom. The summed E-state index contributed by atoms with van der Waals surface area (Å²) in [5.41, 5.74) is 6.11. The molecule has 414 valence electrons. The van der Waals surface area contributed by atoms with E-state index in [4.69, 9.17) is 49.3 Å². The number of nitrogens with one attached hydrogen (secondary N) is 3. The molecule has 0 bridgehead atoms. The van der Waals surface area contributed by atoms with Crippen molar-refractivity contribution in [2.75, 3.05) is 108 Å². The number of hydrogen-bond acceptors (Lipinski definition) is 21. The molecule has 12 rings (SSSR count). The van der Waals surface area contributed by atoms with Gasteiger partial charge in [0.15, 0.2) is 0 Å². The lowest BCUT2D eigenvalue weighted by molar-refractivity contribution is 0.0527. The third-order valence-corrected chi connectivity index (χ3v) is 15.3. The molecule has 4 aliphatic rings. The van der Waals surface area contributed by atoms with Gasteiger partial charge in [-0.25, -0.2) is 39.9 Å². The van der Waals surface area contributed by atoms with E-state index in [0.717, 1.165) is 116 Å². The molecule has 3 N–H and O–H groups in total. The highest BCUT2D eigenvalue weighted by atomic mass is 16.5. The van der Waals surface area contributed by atoms with Crippen molar-refractivity contribution in [1.82, 2.24) is 60.5 Å². The Morgan fingerprint density at radius 2 is 1.10 bits per heavy atom. The predicted octanol–water partition coefficient (Wildman–Crippen LogP) is 7.36. The molecule has 0 aliphatic carbocycles. The molecule has 4 aliphatic heterocycles. The molecule has 0 unspecified atom stereocenters. The van der Waals surface area contributed by atoms with E-state index >= 15 is 0 Å². The van der Waals surface area contributed by atoms with E-state index < -0.39 is 5.72 Å². The highest BCUT2D eigenvalue weighted by Gasteiger charge is 2.33. The van der Waals surface area contributed by atoms with Crippen molar-refractivity contribution < 1.29 is 9.47 Å². The summed E-state index contributed by atoms with van der Waals surface area (Å²) < 4.78 is 12.8. The van der Waals surface area contributed by atoms with E-state index in [0.29, 0.717) is 82.0 Å².